The molecule has 1 amide bonds. The molecule has 6 nitrogen and oxygen atoms in total. The number of hydrogen-bond acceptors (Lipinski definition) is 4. The third-order valence-corrected chi connectivity index (χ3v) is 5.93. The number of carbonyl (C=O) groups excluding carboxylic acids is 1. The number of fused-ring (bicyclic) bond motifs is 5. The number of amides is 1. The number of aromatic amines is 1. The number of H-pyrrole nitrogens is 1. The second-order valence-corrected chi connectivity index (χ2v) is 8.97. The van der Waals surface area contributed by atoms with Crippen LogP contribution in [0.2, 0.25) is 0 Å². The Bertz CT molecular complexity index is 1380. The number of carbonyl (C=O) groups is 1. The van der Waals surface area contributed by atoms with Crippen molar-refractivity contribution < 1.29 is 9.90 Å². The summed E-state index contributed by atoms with van der Waals surface area (Å²) in [4.78, 5) is 21.1. The number of phenols is 1. The maximum Gasteiger partial charge on any atom is 0.275 e. The van der Waals surface area contributed by atoms with Crippen LogP contribution in [-0.2, 0) is 6.42 Å². The fraction of sp³-hybridized carbons (Fsp3) is 0.240. The number of para-hydroxylation sites is 2. The van der Waals surface area contributed by atoms with Crippen molar-refractivity contribution in [1.82, 2.24) is 15.4 Å². The van der Waals surface area contributed by atoms with Gasteiger partial charge in [-0.15, -0.1) is 0 Å². The highest BCUT2D eigenvalue weighted by Crippen LogP contribution is 2.40. The summed E-state index contributed by atoms with van der Waals surface area (Å²) in [6, 6.07) is 14.7. The van der Waals surface area contributed by atoms with Gasteiger partial charge in [0.15, 0.2) is 0 Å². The van der Waals surface area contributed by atoms with Crippen molar-refractivity contribution in [3.8, 4) is 5.75 Å². The van der Waals surface area contributed by atoms with Gasteiger partial charge >= 0.3 is 0 Å². The minimum Gasteiger partial charge on any atom is -0.507 e. The molecule has 0 spiro atoms. The zero-order chi connectivity index (χ0) is 21.8. The molecule has 1 aliphatic rings. The van der Waals surface area contributed by atoms with Gasteiger partial charge in [0, 0.05) is 21.9 Å². The van der Waals surface area contributed by atoms with E-state index in [2.05, 4.69) is 41.5 Å². The number of nitrogens with one attached hydrogen (secondary N) is 2. The Hall–Kier alpha value is -3.67. The predicted molar refractivity (Wildman–Crippen MR) is 123 cm³/mol. The number of aromatic hydroxyl groups is 1. The number of pyridine rings is 1. The van der Waals surface area contributed by atoms with Crippen molar-refractivity contribution in [2.45, 2.75) is 33.6 Å². The van der Waals surface area contributed by atoms with E-state index < -0.39 is 5.91 Å². The zero-order valence-electron chi connectivity index (χ0n) is 17.8. The maximum atomic E-state index is 12.7. The molecule has 1 aliphatic carbocycles. The van der Waals surface area contributed by atoms with Crippen LogP contribution in [0.15, 0.2) is 53.6 Å². The Kier molecular flexibility index (Phi) is 4.32. The lowest BCUT2D eigenvalue weighted by atomic mass is 9.74. The summed E-state index contributed by atoms with van der Waals surface area (Å²) < 4.78 is 0. The minimum atomic E-state index is -0.439. The van der Waals surface area contributed by atoms with Gasteiger partial charge < -0.3 is 10.1 Å². The van der Waals surface area contributed by atoms with E-state index in [1.165, 1.54) is 6.07 Å². The van der Waals surface area contributed by atoms with Crippen molar-refractivity contribution >= 4 is 33.4 Å². The van der Waals surface area contributed by atoms with Gasteiger partial charge in [0.2, 0.25) is 0 Å². The number of aryl methyl sites for hydroxylation is 1. The van der Waals surface area contributed by atoms with Crippen molar-refractivity contribution in [2.75, 3.05) is 0 Å². The van der Waals surface area contributed by atoms with Crippen molar-refractivity contribution in [2.24, 2.45) is 10.5 Å². The van der Waals surface area contributed by atoms with Crippen LogP contribution in [0.4, 0.5) is 0 Å². The van der Waals surface area contributed by atoms with Crippen LogP contribution >= 0.6 is 0 Å². The molecule has 0 bridgehead atoms. The van der Waals surface area contributed by atoms with E-state index >= 15 is 0 Å². The Balaban J connectivity index is 1.69. The van der Waals surface area contributed by atoms with Gasteiger partial charge in [-0.1, -0.05) is 44.2 Å². The molecule has 0 saturated carbocycles. The molecule has 6 heteroatoms. The first-order valence-corrected chi connectivity index (χ1v) is 10.4. The highest BCUT2D eigenvalue weighted by molar-refractivity contribution is 6.21. The standard InChI is InChI=1S/C25H24N4O2/c1-14-23-21(15-8-4-6-10-17(15)27-23)22-18(26-14)12-25(2,3)13-19(22)28-29-24(31)16-9-5-7-11-20(16)30/h4-11,27,30H,12-13H2,1-3H3,(H,29,31). The second-order valence-electron chi connectivity index (χ2n) is 8.97. The van der Waals surface area contributed by atoms with Gasteiger partial charge in [-0.25, -0.2) is 5.43 Å². The number of aromatic nitrogens is 2. The first-order valence-electron chi connectivity index (χ1n) is 10.4. The molecule has 0 saturated heterocycles. The fourth-order valence-corrected chi connectivity index (χ4v) is 4.57. The largest absolute Gasteiger partial charge is 0.507 e. The van der Waals surface area contributed by atoms with E-state index in [1.54, 1.807) is 18.2 Å². The van der Waals surface area contributed by atoms with E-state index in [-0.39, 0.29) is 16.7 Å². The van der Waals surface area contributed by atoms with E-state index in [0.29, 0.717) is 6.42 Å². The lowest BCUT2D eigenvalue weighted by Gasteiger charge is -2.32. The SMILES string of the molecule is Cc1nc2c(c3c1[nH]c1ccccc13)C(=NNC(=O)c1ccccc1O)CC(C)(C)C2. The van der Waals surface area contributed by atoms with Gasteiger partial charge in [0.1, 0.15) is 5.75 Å². The normalized spacial score (nSPS) is 16.5. The van der Waals surface area contributed by atoms with Crippen molar-refractivity contribution in [3.05, 3.63) is 71.0 Å². The van der Waals surface area contributed by atoms with Crippen LogP contribution in [0.25, 0.3) is 21.8 Å². The van der Waals surface area contributed by atoms with Crippen LogP contribution in [0.3, 0.4) is 0 Å². The Morgan fingerprint density at radius 3 is 2.68 bits per heavy atom. The van der Waals surface area contributed by atoms with Crippen LogP contribution < -0.4 is 5.43 Å². The quantitative estimate of drug-likeness (QED) is 0.412. The summed E-state index contributed by atoms with van der Waals surface area (Å²) in [5.41, 5.74) is 8.63. The van der Waals surface area contributed by atoms with Crippen molar-refractivity contribution in [3.63, 3.8) is 0 Å². The second kappa shape index (κ2) is 6.94. The monoisotopic (exact) mass is 412 g/mol. The molecule has 2 aromatic heterocycles. The summed E-state index contributed by atoms with van der Waals surface area (Å²) in [6.45, 7) is 6.40. The highest BCUT2D eigenvalue weighted by atomic mass is 16.3. The molecule has 0 fully saturated rings. The van der Waals surface area contributed by atoms with Gasteiger partial charge in [-0.2, -0.15) is 5.10 Å². The van der Waals surface area contributed by atoms with E-state index in [1.807, 2.05) is 19.1 Å². The third kappa shape index (κ3) is 3.24. The molecule has 0 radical (unpaired) electrons. The van der Waals surface area contributed by atoms with Gasteiger partial charge in [-0.3, -0.25) is 9.78 Å². The maximum absolute atomic E-state index is 12.7. The smallest absolute Gasteiger partial charge is 0.275 e. The summed E-state index contributed by atoms with van der Waals surface area (Å²) in [5.74, 6) is -0.508. The number of hydrogen-bond donors (Lipinski definition) is 3. The molecule has 0 atom stereocenters. The van der Waals surface area contributed by atoms with Gasteiger partial charge in [-0.05, 0) is 43.4 Å². The Morgan fingerprint density at radius 1 is 1.13 bits per heavy atom. The third-order valence-electron chi connectivity index (χ3n) is 5.93. The summed E-state index contributed by atoms with van der Waals surface area (Å²) in [5, 5.41) is 16.8. The predicted octanol–water partition coefficient (Wildman–Crippen LogP) is 4.84. The number of rotatable bonds is 2. The first kappa shape index (κ1) is 19.3. The molecule has 3 N–H and O–H groups in total. The molecular formula is C25H24N4O2. The average molecular weight is 412 g/mol. The summed E-state index contributed by atoms with van der Waals surface area (Å²) in [6.07, 6.45) is 1.55. The number of benzene rings is 2. The van der Waals surface area contributed by atoms with E-state index in [0.717, 1.165) is 50.9 Å². The van der Waals surface area contributed by atoms with Crippen LogP contribution in [0.5, 0.6) is 5.75 Å². The number of phenolic OH excluding ortho intramolecular Hbond substituents is 1. The van der Waals surface area contributed by atoms with Crippen LogP contribution in [-0.4, -0.2) is 26.7 Å². The molecule has 5 rings (SSSR count). The molecule has 4 aromatic rings. The lowest BCUT2D eigenvalue weighted by Crippen LogP contribution is -2.31. The van der Waals surface area contributed by atoms with E-state index in [4.69, 9.17) is 4.98 Å². The molecular weight excluding hydrogens is 388 g/mol. The Morgan fingerprint density at radius 2 is 1.87 bits per heavy atom. The molecule has 0 aliphatic heterocycles. The molecule has 31 heavy (non-hydrogen) atoms. The average Bonchev–Trinajstić information content (AvgIpc) is 3.11. The van der Waals surface area contributed by atoms with Crippen molar-refractivity contribution in [1.29, 1.82) is 0 Å². The van der Waals surface area contributed by atoms with Gasteiger partial charge in [0.05, 0.1) is 28.2 Å². The summed E-state index contributed by atoms with van der Waals surface area (Å²) >= 11 is 0. The molecule has 2 heterocycles. The molecule has 2 aromatic carbocycles. The Labute approximate surface area is 180 Å². The van der Waals surface area contributed by atoms with Crippen LogP contribution in [0.1, 0.15) is 47.6 Å². The van der Waals surface area contributed by atoms with Crippen LogP contribution in [0, 0.1) is 12.3 Å². The minimum absolute atomic E-state index is 0.0370. The summed E-state index contributed by atoms with van der Waals surface area (Å²) in [7, 11) is 0. The van der Waals surface area contributed by atoms with Gasteiger partial charge in [0.25, 0.3) is 5.91 Å². The lowest BCUT2D eigenvalue weighted by molar-refractivity contribution is 0.0952. The fourth-order valence-electron chi connectivity index (χ4n) is 4.57. The number of hydrazone groups is 1. The number of nitrogens with zero attached hydrogens (tertiary/aromatic N) is 2. The van der Waals surface area contributed by atoms with E-state index in [9.17, 15) is 9.90 Å². The zero-order valence-corrected chi connectivity index (χ0v) is 17.8. The molecule has 0 unspecified atom stereocenters. The highest BCUT2D eigenvalue weighted by Gasteiger charge is 2.33. The first-order chi connectivity index (χ1) is 14.8. The topological polar surface area (TPSA) is 90.4 Å². The molecule has 156 valence electrons.